The summed E-state index contributed by atoms with van der Waals surface area (Å²) in [5, 5.41) is 4.14. The van der Waals surface area contributed by atoms with Crippen LogP contribution in [-0.2, 0) is 9.47 Å². The predicted molar refractivity (Wildman–Crippen MR) is 68.2 cm³/mol. The summed E-state index contributed by atoms with van der Waals surface area (Å²) in [6, 6.07) is 8.32. The Morgan fingerprint density at radius 2 is 2.00 bits per heavy atom. The molecule has 1 fully saturated rings. The van der Waals surface area contributed by atoms with Crippen molar-refractivity contribution in [1.29, 1.82) is 0 Å². The monoisotopic (exact) mass is 260 g/mol. The van der Waals surface area contributed by atoms with Crippen molar-refractivity contribution in [3.05, 3.63) is 54.1 Å². The van der Waals surface area contributed by atoms with Gasteiger partial charge in [-0.25, -0.2) is 9.07 Å². The van der Waals surface area contributed by atoms with E-state index in [1.165, 1.54) is 6.07 Å². The lowest BCUT2D eigenvalue weighted by molar-refractivity contribution is -0.000921. The summed E-state index contributed by atoms with van der Waals surface area (Å²) in [4.78, 5) is 0. The molecule has 19 heavy (non-hydrogen) atoms. The molecule has 1 aromatic carbocycles. The van der Waals surface area contributed by atoms with Crippen molar-refractivity contribution < 1.29 is 13.9 Å². The minimum atomic E-state index is -0.330. The van der Waals surface area contributed by atoms with Crippen molar-refractivity contribution in [1.82, 2.24) is 9.78 Å². The molecule has 4 nitrogen and oxygen atoms in total. The van der Waals surface area contributed by atoms with Crippen LogP contribution in [0, 0.1) is 5.82 Å². The second-order valence-corrected chi connectivity index (χ2v) is 4.09. The molecule has 0 radical (unpaired) electrons. The van der Waals surface area contributed by atoms with Crippen LogP contribution in [0.3, 0.4) is 0 Å². The zero-order valence-electron chi connectivity index (χ0n) is 10.2. The van der Waals surface area contributed by atoms with E-state index in [0.29, 0.717) is 18.9 Å². The van der Waals surface area contributed by atoms with Crippen LogP contribution in [0.1, 0.15) is 5.69 Å². The summed E-state index contributed by atoms with van der Waals surface area (Å²) in [5.74, 6) is -0.311. The average Bonchev–Trinajstić information content (AvgIpc) is 3.08. The van der Waals surface area contributed by atoms with Crippen molar-refractivity contribution in [3.8, 4) is 5.69 Å². The van der Waals surface area contributed by atoms with Crippen molar-refractivity contribution in [2.45, 2.75) is 6.29 Å². The Labute approximate surface area is 110 Å². The molecule has 2 heterocycles. The molecule has 0 saturated carbocycles. The van der Waals surface area contributed by atoms with Gasteiger partial charge in [-0.3, -0.25) is 0 Å². The molecule has 98 valence electrons. The molecule has 0 aliphatic carbocycles. The molecule has 5 heteroatoms. The summed E-state index contributed by atoms with van der Waals surface area (Å²) >= 11 is 0. The van der Waals surface area contributed by atoms with Gasteiger partial charge in [0.15, 0.2) is 6.29 Å². The molecule has 0 bridgehead atoms. The summed E-state index contributed by atoms with van der Waals surface area (Å²) in [6.07, 6.45) is 4.91. The molecule has 1 saturated heterocycles. The first-order valence-electron chi connectivity index (χ1n) is 6.05. The smallest absolute Gasteiger partial charge is 0.177 e. The maximum Gasteiger partial charge on any atom is 0.177 e. The van der Waals surface area contributed by atoms with E-state index in [-0.39, 0.29) is 12.1 Å². The Bertz CT molecular complexity index is 589. The molecule has 0 spiro atoms. The molecule has 0 atom stereocenters. The van der Waals surface area contributed by atoms with Crippen LogP contribution in [0.4, 0.5) is 4.39 Å². The largest absolute Gasteiger partial charge is 0.347 e. The topological polar surface area (TPSA) is 36.3 Å². The van der Waals surface area contributed by atoms with Crippen molar-refractivity contribution >= 4 is 6.08 Å². The zero-order chi connectivity index (χ0) is 13.1. The number of nitrogens with zero attached hydrogens (tertiary/aromatic N) is 2. The van der Waals surface area contributed by atoms with Crippen molar-refractivity contribution in [2.75, 3.05) is 13.2 Å². The van der Waals surface area contributed by atoms with Crippen molar-refractivity contribution in [2.24, 2.45) is 0 Å². The van der Waals surface area contributed by atoms with Crippen LogP contribution in [0.2, 0.25) is 0 Å². The highest BCUT2D eigenvalue weighted by Gasteiger charge is 2.12. The summed E-state index contributed by atoms with van der Waals surface area (Å²) < 4.78 is 25.9. The molecule has 1 aromatic heterocycles. The van der Waals surface area contributed by atoms with E-state index >= 15 is 0 Å². The molecule has 1 aliphatic heterocycles. The van der Waals surface area contributed by atoms with Gasteiger partial charge in [0, 0.05) is 0 Å². The highest BCUT2D eigenvalue weighted by molar-refractivity contribution is 5.49. The normalized spacial score (nSPS) is 16.5. The number of para-hydroxylation sites is 1. The van der Waals surface area contributed by atoms with Crippen LogP contribution >= 0.6 is 0 Å². The fourth-order valence-corrected chi connectivity index (χ4v) is 1.93. The highest BCUT2D eigenvalue weighted by atomic mass is 19.1. The third kappa shape index (κ3) is 2.57. The Kier molecular flexibility index (Phi) is 3.39. The minimum Gasteiger partial charge on any atom is -0.347 e. The maximum absolute atomic E-state index is 13.7. The predicted octanol–water partition coefficient (Wildman–Crippen LogP) is 2.40. The first-order valence-corrected chi connectivity index (χ1v) is 6.05. The highest BCUT2D eigenvalue weighted by Crippen LogP contribution is 2.16. The quantitative estimate of drug-likeness (QED) is 0.850. The van der Waals surface area contributed by atoms with E-state index in [2.05, 4.69) is 5.10 Å². The summed E-state index contributed by atoms with van der Waals surface area (Å²) in [7, 11) is 0. The van der Waals surface area contributed by atoms with E-state index < -0.39 is 0 Å². The Hall–Kier alpha value is -1.98. The van der Waals surface area contributed by atoms with Gasteiger partial charge in [0.05, 0.1) is 25.1 Å². The van der Waals surface area contributed by atoms with Crippen LogP contribution in [-0.4, -0.2) is 29.3 Å². The van der Waals surface area contributed by atoms with Gasteiger partial charge in [-0.1, -0.05) is 12.1 Å². The van der Waals surface area contributed by atoms with E-state index in [4.69, 9.17) is 9.47 Å². The van der Waals surface area contributed by atoms with Gasteiger partial charge in [0.1, 0.15) is 11.5 Å². The van der Waals surface area contributed by atoms with Gasteiger partial charge in [-0.05, 0) is 30.4 Å². The first-order chi connectivity index (χ1) is 9.34. The molecular formula is C14H13FN2O2. The molecule has 3 rings (SSSR count). The van der Waals surface area contributed by atoms with Gasteiger partial charge < -0.3 is 9.47 Å². The molecule has 2 aromatic rings. The lowest BCUT2D eigenvalue weighted by atomic mass is 10.3. The number of hydrogen-bond donors (Lipinski definition) is 0. The number of rotatable bonds is 3. The fourth-order valence-electron chi connectivity index (χ4n) is 1.93. The summed E-state index contributed by atoms with van der Waals surface area (Å²) in [5.41, 5.74) is 1.18. The van der Waals surface area contributed by atoms with Gasteiger partial charge >= 0.3 is 0 Å². The van der Waals surface area contributed by atoms with Gasteiger partial charge in [-0.15, -0.1) is 0 Å². The Morgan fingerprint density at radius 3 is 2.79 bits per heavy atom. The third-order valence-electron chi connectivity index (χ3n) is 2.82. The lowest BCUT2D eigenvalue weighted by Gasteiger charge is -2.06. The standard InChI is InChI=1S/C14H13FN2O2/c15-12-3-1-2-4-13(12)17-11(7-8-16-17)5-6-14-18-9-10-19-14/h1-8,14H,9-10H2. The van der Waals surface area contributed by atoms with Gasteiger partial charge in [0.2, 0.25) is 0 Å². The molecular weight excluding hydrogens is 247 g/mol. The third-order valence-corrected chi connectivity index (χ3v) is 2.82. The van der Waals surface area contributed by atoms with Crippen LogP contribution < -0.4 is 0 Å². The van der Waals surface area contributed by atoms with Crippen LogP contribution in [0.15, 0.2) is 42.6 Å². The second-order valence-electron chi connectivity index (χ2n) is 4.09. The van der Waals surface area contributed by atoms with Crippen LogP contribution in [0.25, 0.3) is 11.8 Å². The van der Waals surface area contributed by atoms with Crippen LogP contribution in [0.5, 0.6) is 0 Å². The van der Waals surface area contributed by atoms with Gasteiger partial charge in [-0.2, -0.15) is 5.10 Å². The lowest BCUT2D eigenvalue weighted by Crippen LogP contribution is -2.04. The Morgan fingerprint density at radius 1 is 1.21 bits per heavy atom. The first kappa shape index (κ1) is 12.1. The zero-order valence-corrected chi connectivity index (χ0v) is 10.2. The Balaban J connectivity index is 1.88. The maximum atomic E-state index is 13.7. The van der Waals surface area contributed by atoms with E-state index in [9.17, 15) is 4.39 Å². The number of halogens is 1. The number of ether oxygens (including phenoxy) is 2. The van der Waals surface area contributed by atoms with E-state index in [1.807, 2.05) is 6.08 Å². The van der Waals surface area contributed by atoms with Crippen molar-refractivity contribution in [3.63, 3.8) is 0 Å². The average molecular weight is 260 g/mol. The molecule has 0 unspecified atom stereocenters. The van der Waals surface area contributed by atoms with Gasteiger partial charge in [0.25, 0.3) is 0 Å². The van der Waals surface area contributed by atoms with E-state index in [1.54, 1.807) is 41.2 Å². The molecule has 0 N–H and O–H groups in total. The molecule has 0 amide bonds. The van der Waals surface area contributed by atoms with E-state index in [0.717, 1.165) is 5.69 Å². The number of hydrogen-bond acceptors (Lipinski definition) is 3. The SMILES string of the molecule is Fc1ccccc1-n1nccc1C=CC1OCCO1. The fraction of sp³-hybridized carbons (Fsp3) is 0.214. The number of benzene rings is 1. The summed E-state index contributed by atoms with van der Waals surface area (Å²) in [6.45, 7) is 1.20. The number of aromatic nitrogens is 2. The molecule has 1 aliphatic rings. The minimum absolute atomic E-state index is 0.311. The second kappa shape index (κ2) is 5.34.